The third kappa shape index (κ3) is 3.12. The largest absolute Gasteiger partial charge is 0.380 e. The molecule has 2 unspecified atom stereocenters. The topological polar surface area (TPSA) is 76.1 Å². The van der Waals surface area contributed by atoms with Crippen LogP contribution in [-0.4, -0.2) is 41.7 Å². The number of rotatable bonds is 3. The first-order valence-corrected chi connectivity index (χ1v) is 5.62. The van der Waals surface area contributed by atoms with Gasteiger partial charge in [0, 0.05) is 19.9 Å². The van der Waals surface area contributed by atoms with E-state index in [2.05, 4.69) is 20.6 Å². The van der Waals surface area contributed by atoms with Crippen molar-refractivity contribution in [3.8, 4) is 0 Å². The van der Waals surface area contributed by atoms with Gasteiger partial charge in [0.2, 0.25) is 11.2 Å². The molecule has 1 amide bonds. The molecule has 1 aliphatic heterocycles. The van der Waals surface area contributed by atoms with Crippen LogP contribution < -0.4 is 10.6 Å². The lowest BCUT2D eigenvalue weighted by molar-refractivity contribution is -0.118. The number of hydrogen-bond donors (Lipinski definition) is 2. The highest BCUT2D eigenvalue weighted by Gasteiger charge is 2.29. The van der Waals surface area contributed by atoms with Gasteiger partial charge >= 0.3 is 0 Å². The molecule has 1 fully saturated rings. The highest BCUT2D eigenvalue weighted by Crippen LogP contribution is 2.12. The van der Waals surface area contributed by atoms with Crippen molar-refractivity contribution in [2.75, 3.05) is 19.0 Å². The SMILES string of the molecule is COC1CNC(C(=O)Nc2ccnc(Cl)n2)C1. The van der Waals surface area contributed by atoms with E-state index in [1.54, 1.807) is 13.2 Å². The first kappa shape index (κ1) is 12.2. The van der Waals surface area contributed by atoms with Crippen LogP contribution in [0.25, 0.3) is 0 Å². The van der Waals surface area contributed by atoms with Crippen LogP contribution in [0.15, 0.2) is 12.3 Å². The van der Waals surface area contributed by atoms with E-state index < -0.39 is 0 Å². The van der Waals surface area contributed by atoms with Gasteiger partial charge in [-0.3, -0.25) is 4.79 Å². The standard InChI is InChI=1S/C10H13ClN4O2/c1-17-6-4-7(13-5-6)9(16)14-8-2-3-12-10(11)15-8/h2-3,6-7,13H,4-5H2,1H3,(H,12,14,15,16). The summed E-state index contributed by atoms with van der Waals surface area (Å²) in [5.74, 6) is 0.261. The highest BCUT2D eigenvalue weighted by atomic mass is 35.5. The molecule has 0 radical (unpaired) electrons. The summed E-state index contributed by atoms with van der Waals surface area (Å²) in [7, 11) is 1.64. The zero-order valence-corrected chi connectivity index (χ0v) is 10.1. The van der Waals surface area contributed by atoms with Gasteiger partial charge in [0.1, 0.15) is 5.82 Å². The molecule has 2 rings (SSSR count). The maximum atomic E-state index is 11.9. The molecule has 6 nitrogen and oxygen atoms in total. The predicted molar refractivity (Wildman–Crippen MR) is 62.9 cm³/mol. The van der Waals surface area contributed by atoms with E-state index >= 15 is 0 Å². The second-order valence-electron chi connectivity index (χ2n) is 3.75. The summed E-state index contributed by atoms with van der Waals surface area (Å²) in [6.07, 6.45) is 2.23. The smallest absolute Gasteiger partial charge is 0.242 e. The molecule has 2 heterocycles. The molecule has 1 aromatic rings. The minimum absolute atomic E-state index is 0.0831. The molecular formula is C10H13ClN4O2. The van der Waals surface area contributed by atoms with E-state index in [0.717, 1.165) is 0 Å². The third-order valence-corrected chi connectivity index (χ3v) is 2.80. The fourth-order valence-corrected chi connectivity index (χ4v) is 1.85. The molecular weight excluding hydrogens is 244 g/mol. The van der Waals surface area contributed by atoms with Gasteiger partial charge in [-0.15, -0.1) is 0 Å². The molecule has 1 aliphatic rings. The predicted octanol–water partition coefficient (Wildman–Crippen LogP) is 0.445. The fraction of sp³-hybridized carbons (Fsp3) is 0.500. The second kappa shape index (κ2) is 5.39. The maximum Gasteiger partial charge on any atom is 0.242 e. The number of amides is 1. The van der Waals surface area contributed by atoms with Gasteiger partial charge in [-0.2, -0.15) is 0 Å². The van der Waals surface area contributed by atoms with Gasteiger partial charge in [-0.25, -0.2) is 9.97 Å². The van der Waals surface area contributed by atoms with Crippen molar-refractivity contribution in [1.29, 1.82) is 0 Å². The number of carbonyl (C=O) groups excluding carboxylic acids is 1. The molecule has 1 aromatic heterocycles. The number of hydrogen-bond acceptors (Lipinski definition) is 5. The molecule has 92 valence electrons. The summed E-state index contributed by atoms with van der Waals surface area (Å²) in [6, 6.07) is 1.33. The van der Waals surface area contributed by atoms with Crippen molar-refractivity contribution < 1.29 is 9.53 Å². The molecule has 7 heteroatoms. The Bertz CT molecular complexity index is 415. The Labute approximate surface area is 104 Å². The summed E-state index contributed by atoms with van der Waals surface area (Å²) in [5, 5.41) is 5.86. The number of methoxy groups -OCH3 is 1. The molecule has 2 atom stereocenters. The Kier molecular flexibility index (Phi) is 3.88. The first-order chi connectivity index (χ1) is 8.19. The van der Waals surface area contributed by atoms with E-state index in [4.69, 9.17) is 16.3 Å². The zero-order valence-electron chi connectivity index (χ0n) is 9.31. The minimum atomic E-state index is -0.256. The van der Waals surface area contributed by atoms with Crippen LogP contribution in [0, 0.1) is 0 Å². The Morgan fingerprint density at radius 2 is 2.53 bits per heavy atom. The van der Waals surface area contributed by atoms with Crippen molar-refractivity contribution in [3.63, 3.8) is 0 Å². The number of anilines is 1. The Balaban J connectivity index is 1.93. The molecule has 1 saturated heterocycles. The van der Waals surface area contributed by atoms with Crippen LogP contribution in [0.3, 0.4) is 0 Å². The summed E-state index contributed by atoms with van der Waals surface area (Å²) in [6.45, 7) is 0.680. The normalized spacial score (nSPS) is 23.6. The molecule has 0 saturated carbocycles. The summed E-state index contributed by atoms with van der Waals surface area (Å²) in [5.41, 5.74) is 0. The van der Waals surface area contributed by atoms with Crippen LogP contribution in [0.5, 0.6) is 0 Å². The van der Waals surface area contributed by atoms with Crippen LogP contribution in [0.1, 0.15) is 6.42 Å². The molecule has 0 spiro atoms. The van der Waals surface area contributed by atoms with Gasteiger partial charge in [-0.1, -0.05) is 0 Å². The highest BCUT2D eigenvalue weighted by molar-refractivity contribution is 6.28. The number of carbonyl (C=O) groups is 1. The zero-order chi connectivity index (χ0) is 12.3. The van der Waals surface area contributed by atoms with Crippen molar-refractivity contribution in [2.45, 2.75) is 18.6 Å². The molecule has 0 bridgehead atoms. The Morgan fingerprint density at radius 1 is 1.71 bits per heavy atom. The number of halogens is 1. The quantitative estimate of drug-likeness (QED) is 0.768. The van der Waals surface area contributed by atoms with E-state index in [-0.39, 0.29) is 23.3 Å². The maximum absolute atomic E-state index is 11.9. The number of nitrogens with one attached hydrogen (secondary N) is 2. The number of ether oxygens (including phenoxy) is 1. The lowest BCUT2D eigenvalue weighted by Crippen LogP contribution is -2.35. The first-order valence-electron chi connectivity index (χ1n) is 5.24. The lowest BCUT2D eigenvalue weighted by atomic mass is 10.2. The number of nitrogens with zero attached hydrogens (tertiary/aromatic N) is 2. The van der Waals surface area contributed by atoms with Gasteiger partial charge in [0.15, 0.2) is 0 Å². The van der Waals surface area contributed by atoms with E-state index in [1.807, 2.05) is 0 Å². The average Bonchev–Trinajstić information content (AvgIpc) is 2.77. The van der Waals surface area contributed by atoms with E-state index in [1.165, 1.54) is 6.20 Å². The summed E-state index contributed by atoms with van der Waals surface area (Å²) >= 11 is 5.62. The monoisotopic (exact) mass is 256 g/mol. The van der Waals surface area contributed by atoms with E-state index in [0.29, 0.717) is 18.8 Å². The Hall–Kier alpha value is -1.24. The van der Waals surface area contributed by atoms with Gasteiger partial charge in [-0.05, 0) is 24.1 Å². The lowest BCUT2D eigenvalue weighted by Gasteiger charge is -2.10. The van der Waals surface area contributed by atoms with Crippen molar-refractivity contribution in [3.05, 3.63) is 17.5 Å². The second-order valence-corrected chi connectivity index (χ2v) is 4.09. The molecule has 17 heavy (non-hydrogen) atoms. The van der Waals surface area contributed by atoms with Gasteiger partial charge < -0.3 is 15.4 Å². The molecule has 2 N–H and O–H groups in total. The minimum Gasteiger partial charge on any atom is -0.380 e. The van der Waals surface area contributed by atoms with E-state index in [9.17, 15) is 4.79 Å². The van der Waals surface area contributed by atoms with Crippen molar-refractivity contribution >= 4 is 23.3 Å². The Morgan fingerprint density at radius 3 is 3.18 bits per heavy atom. The molecule has 0 aliphatic carbocycles. The van der Waals surface area contributed by atoms with Crippen molar-refractivity contribution in [2.24, 2.45) is 0 Å². The third-order valence-electron chi connectivity index (χ3n) is 2.62. The van der Waals surface area contributed by atoms with Crippen molar-refractivity contribution in [1.82, 2.24) is 15.3 Å². The summed E-state index contributed by atoms with van der Waals surface area (Å²) in [4.78, 5) is 19.5. The van der Waals surface area contributed by atoms with Gasteiger partial charge in [0.25, 0.3) is 0 Å². The average molecular weight is 257 g/mol. The summed E-state index contributed by atoms with van der Waals surface area (Å²) < 4.78 is 5.17. The van der Waals surface area contributed by atoms with Crippen LogP contribution in [0.4, 0.5) is 5.82 Å². The van der Waals surface area contributed by atoms with Crippen LogP contribution in [-0.2, 0) is 9.53 Å². The van der Waals surface area contributed by atoms with Crippen LogP contribution in [0.2, 0.25) is 5.28 Å². The molecule has 0 aromatic carbocycles. The van der Waals surface area contributed by atoms with Crippen LogP contribution >= 0.6 is 11.6 Å². The number of aromatic nitrogens is 2. The fourth-order valence-electron chi connectivity index (χ4n) is 1.70. The van der Waals surface area contributed by atoms with Gasteiger partial charge in [0.05, 0.1) is 12.1 Å².